The number of carbonyl (C=O) groups is 2. The summed E-state index contributed by atoms with van der Waals surface area (Å²) in [6, 6.07) is 9.15. The molecule has 1 saturated heterocycles. The minimum absolute atomic E-state index is 0.0429. The van der Waals surface area contributed by atoms with Crippen LogP contribution in [0.15, 0.2) is 42.7 Å². The van der Waals surface area contributed by atoms with Gasteiger partial charge in [0.1, 0.15) is 0 Å². The van der Waals surface area contributed by atoms with Crippen LogP contribution in [0.25, 0.3) is 10.9 Å². The van der Waals surface area contributed by atoms with Crippen LogP contribution >= 0.6 is 11.9 Å². The average molecular weight is 366 g/mol. The molecule has 3 heterocycles. The maximum atomic E-state index is 13.3. The summed E-state index contributed by atoms with van der Waals surface area (Å²) in [5.74, 6) is 0.0556. The summed E-state index contributed by atoms with van der Waals surface area (Å²) >= 11 is 1.62. The van der Waals surface area contributed by atoms with Crippen molar-refractivity contribution in [2.24, 2.45) is 11.7 Å². The molecule has 7 heteroatoms. The van der Waals surface area contributed by atoms with Gasteiger partial charge in [0.2, 0.25) is 5.91 Å². The third kappa shape index (κ3) is 2.74. The zero-order valence-corrected chi connectivity index (χ0v) is 15.0. The Morgan fingerprint density at radius 2 is 2.15 bits per heavy atom. The molecule has 132 valence electrons. The fourth-order valence-corrected chi connectivity index (χ4v) is 4.58. The number of ketones is 1. The van der Waals surface area contributed by atoms with Crippen LogP contribution in [0, 0.1) is 12.8 Å². The molecular weight excluding hydrogens is 348 g/mol. The van der Waals surface area contributed by atoms with Gasteiger partial charge < -0.3 is 15.0 Å². The molecule has 26 heavy (non-hydrogen) atoms. The standard InChI is InChI=1S/C19H18N4O2S/c1-11-16(17-14(19(20)25)5-2-6-15(17)22-11)18(24)12-9-23(26-10-12)13-4-3-7-21-8-13/h2-8,12,22H,9-10H2,1H3,(H2,20,25). The van der Waals surface area contributed by atoms with Crippen molar-refractivity contribution < 1.29 is 9.59 Å². The van der Waals surface area contributed by atoms with E-state index in [4.69, 9.17) is 5.73 Å². The van der Waals surface area contributed by atoms with Crippen LogP contribution in [0.1, 0.15) is 26.4 Å². The van der Waals surface area contributed by atoms with Gasteiger partial charge in [-0.2, -0.15) is 0 Å². The SMILES string of the molecule is Cc1[nH]c2cccc(C(N)=O)c2c1C(=O)C1CSN(c2cccnc2)C1. The number of rotatable bonds is 4. The minimum Gasteiger partial charge on any atom is -0.366 e. The monoisotopic (exact) mass is 366 g/mol. The molecule has 1 aliphatic heterocycles. The molecule has 1 unspecified atom stereocenters. The van der Waals surface area contributed by atoms with Gasteiger partial charge in [0.05, 0.1) is 17.8 Å². The molecule has 3 N–H and O–H groups in total. The van der Waals surface area contributed by atoms with Gasteiger partial charge in [0, 0.05) is 46.2 Å². The van der Waals surface area contributed by atoms with Gasteiger partial charge >= 0.3 is 0 Å². The molecule has 1 aromatic carbocycles. The molecule has 1 atom stereocenters. The molecule has 3 aromatic rings. The summed E-state index contributed by atoms with van der Waals surface area (Å²) in [6.45, 7) is 2.47. The zero-order chi connectivity index (χ0) is 18.3. The second-order valence-electron chi connectivity index (χ2n) is 6.35. The maximum absolute atomic E-state index is 13.3. The van der Waals surface area contributed by atoms with Gasteiger partial charge in [-0.05, 0) is 43.1 Å². The number of pyridine rings is 1. The predicted molar refractivity (Wildman–Crippen MR) is 103 cm³/mol. The van der Waals surface area contributed by atoms with Crippen LogP contribution in [0.4, 0.5) is 5.69 Å². The highest BCUT2D eigenvalue weighted by molar-refractivity contribution is 8.00. The third-order valence-corrected chi connectivity index (χ3v) is 5.87. The number of fused-ring (bicyclic) bond motifs is 1. The van der Waals surface area contributed by atoms with E-state index < -0.39 is 5.91 Å². The highest BCUT2D eigenvalue weighted by atomic mass is 32.2. The number of benzene rings is 1. The van der Waals surface area contributed by atoms with E-state index in [0.29, 0.717) is 28.8 Å². The Morgan fingerprint density at radius 3 is 2.88 bits per heavy atom. The van der Waals surface area contributed by atoms with Crippen LogP contribution < -0.4 is 10.0 Å². The number of nitrogens with zero attached hydrogens (tertiary/aromatic N) is 2. The smallest absolute Gasteiger partial charge is 0.249 e. The Morgan fingerprint density at radius 1 is 1.31 bits per heavy atom. The number of anilines is 1. The summed E-state index contributed by atoms with van der Waals surface area (Å²) < 4.78 is 2.09. The molecular formula is C19H18N4O2S. The summed E-state index contributed by atoms with van der Waals surface area (Å²) in [7, 11) is 0. The molecule has 1 fully saturated rings. The molecule has 2 aromatic heterocycles. The van der Waals surface area contributed by atoms with Crippen molar-refractivity contribution in [2.45, 2.75) is 6.92 Å². The molecule has 0 aliphatic carbocycles. The first-order valence-electron chi connectivity index (χ1n) is 8.32. The molecule has 0 saturated carbocycles. The van der Waals surface area contributed by atoms with Crippen molar-refractivity contribution in [3.8, 4) is 0 Å². The number of hydrogen-bond donors (Lipinski definition) is 2. The Balaban J connectivity index is 1.69. The lowest BCUT2D eigenvalue weighted by Crippen LogP contribution is -2.23. The largest absolute Gasteiger partial charge is 0.366 e. The van der Waals surface area contributed by atoms with Crippen LogP contribution in [0.3, 0.4) is 0 Å². The minimum atomic E-state index is -0.526. The second-order valence-corrected chi connectivity index (χ2v) is 7.38. The topological polar surface area (TPSA) is 92.1 Å². The lowest BCUT2D eigenvalue weighted by Gasteiger charge is -2.16. The number of aromatic amines is 1. The van der Waals surface area contributed by atoms with Gasteiger partial charge in [0.15, 0.2) is 5.78 Å². The number of nitrogens with one attached hydrogen (secondary N) is 1. The Bertz CT molecular complexity index is 999. The number of aryl methyl sites for hydroxylation is 1. The first-order chi connectivity index (χ1) is 12.6. The van der Waals surface area contributed by atoms with Gasteiger partial charge in [-0.15, -0.1) is 0 Å². The quantitative estimate of drug-likeness (QED) is 0.547. The Hall–Kier alpha value is -2.80. The van der Waals surface area contributed by atoms with Crippen molar-refractivity contribution in [3.05, 3.63) is 59.5 Å². The van der Waals surface area contributed by atoms with Crippen LogP contribution in [-0.2, 0) is 0 Å². The lowest BCUT2D eigenvalue weighted by molar-refractivity contribution is 0.0941. The number of Topliss-reactive ketones (excluding diaryl/α,β-unsaturated/α-hetero) is 1. The van der Waals surface area contributed by atoms with Gasteiger partial charge in [-0.3, -0.25) is 14.6 Å². The Kier molecular flexibility index (Phi) is 4.16. The van der Waals surface area contributed by atoms with Gasteiger partial charge in [0.25, 0.3) is 0 Å². The van der Waals surface area contributed by atoms with E-state index in [9.17, 15) is 9.59 Å². The average Bonchev–Trinajstić information content (AvgIpc) is 3.25. The summed E-state index contributed by atoms with van der Waals surface area (Å²) in [6.07, 6.45) is 3.52. The molecule has 0 bridgehead atoms. The molecule has 1 amide bonds. The van der Waals surface area contributed by atoms with Crippen LogP contribution in [0.2, 0.25) is 0 Å². The number of aromatic nitrogens is 2. The van der Waals surface area contributed by atoms with Crippen LogP contribution in [0.5, 0.6) is 0 Å². The highest BCUT2D eigenvalue weighted by Gasteiger charge is 2.33. The van der Waals surface area contributed by atoms with Crippen LogP contribution in [-0.4, -0.2) is 34.0 Å². The van der Waals surface area contributed by atoms with Crippen molar-refractivity contribution in [1.82, 2.24) is 9.97 Å². The summed E-state index contributed by atoms with van der Waals surface area (Å²) in [5.41, 5.74) is 9.00. The number of amides is 1. The maximum Gasteiger partial charge on any atom is 0.249 e. The van der Waals surface area contributed by atoms with Crippen molar-refractivity contribution in [1.29, 1.82) is 0 Å². The molecule has 6 nitrogen and oxygen atoms in total. The zero-order valence-electron chi connectivity index (χ0n) is 14.2. The Labute approximate surface area is 154 Å². The second kappa shape index (κ2) is 6.49. The summed E-state index contributed by atoms with van der Waals surface area (Å²) in [4.78, 5) is 32.5. The number of nitrogens with two attached hydrogens (primary N) is 1. The van der Waals surface area contributed by atoms with E-state index in [1.54, 1.807) is 36.5 Å². The molecule has 0 radical (unpaired) electrons. The van der Waals surface area contributed by atoms with Gasteiger partial charge in [-0.25, -0.2) is 0 Å². The number of H-pyrrole nitrogens is 1. The predicted octanol–water partition coefficient (Wildman–Crippen LogP) is 2.94. The van der Waals surface area contributed by atoms with E-state index in [1.165, 1.54) is 0 Å². The van der Waals surface area contributed by atoms with E-state index >= 15 is 0 Å². The van der Waals surface area contributed by atoms with Crippen molar-refractivity contribution in [3.63, 3.8) is 0 Å². The van der Waals surface area contributed by atoms with Crippen molar-refractivity contribution >= 4 is 40.2 Å². The van der Waals surface area contributed by atoms with E-state index in [2.05, 4.69) is 14.3 Å². The fraction of sp³-hybridized carbons (Fsp3) is 0.211. The number of primary amides is 1. The molecule has 4 rings (SSSR count). The van der Waals surface area contributed by atoms with E-state index in [0.717, 1.165) is 16.9 Å². The summed E-state index contributed by atoms with van der Waals surface area (Å²) in [5, 5.41) is 0.632. The number of hydrogen-bond acceptors (Lipinski definition) is 5. The highest BCUT2D eigenvalue weighted by Crippen LogP contribution is 2.35. The lowest BCUT2D eigenvalue weighted by atomic mass is 9.94. The number of carbonyl (C=O) groups excluding carboxylic acids is 2. The molecule has 1 aliphatic rings. The third-order valence-electron chi connectivity index (χ3n) is 4.65. The first-order valence-corrected chi connectivity index (χ1v) is 9.26. The van der Waals surface area contributed by atoms with Gasteiger partial charge in [-0.1, -0.05) is 6.07 Å². The normalized spacial score (nSPS) is 17.0. The van der Waals surface area contributed by atoms with E-state index in [1.807, 2.05) is 25.1 Å². The first kappa shape index (κ1) is 16.7. The van der Waals surface area contributed by atoms with Crippen molar-refractivity contribution in [2.75, 3.05) is 16.6 Å². The van der Waals surface area contributed by atoms with E-state index in [-0.39, 0.29) is 11.7 Å². The molecule has 0 spiro atoms. The fourth-order valence-electron chi connectivity index (χ4n) is 3.42.